The van der Waals surface area contributed by atoms with Crippen molar-refractivity contribution >= 4 is 22.0 Å². The van der Waals surface area contributed by atoms with Crippen LogP contribution in [0.4, 0.5) is 4.79 Å². The van der Waals surface area contributed by atoms with Crippen LogP contribution in [-0.4, -0.2) is 23.1 Å². The Bertz CT molecular complexity index is 828. The van der Waals surface area contributed by atoms with E-state index in [2.05, 4.69) is 22.9 Å². The Hall–Kier alpha value is -2.01. The third kappa shape index (κ3) is 4.83. The Labute approximate surface area is 169 Å². The molecule has 1 heterocycles. The van der Waals surface area contributed by atoms with Crippen molar-refractivity contribution in [2.24, 2.45) is 0 Å². The molecule has 0 fully saturated rings. The molecule has 0 bridgehead atoms. The molecule has 0 unspecified atom stereocenters. The van der Waals surface area contributed by atoms with Crippen molar-refractivity contribution in [1.82, 2.24) is 4.90 Å². The van der Waals surface area contributed by atoms with Gasteiger partial charge in [0.15, 0.2) is 0 Å². The molecule has 0 aromatic heterocycles. The number of fused-ring (bicyclic) bond motifs is 1. The fourth-order valence-corrected chi connectivity index (χ4v) is 3.65. The van der Waals surface area contributed by atoms with Crippen LogP contribution in [0.5, 0.6) is 5.75 Å². The Morgan fingerprint density at radius 2 is 1.89 bits per heavy atom. The number of benzene rings is 2. The standard InChI is InChI=1S/C22H26BrNO3/c1-15-17-10-11-24(21(25)27-22(2,3)4)13-18(17)20(12-19(15)23)26-14-16-8-6-5-7-9-16/h5-9,12H,10-11,13-14H2,1-4H3. The van der Waals surface area contributed by atoms with Gasteiger partial charge in [0, 0.05) is 16.6 Å². The lowest BCUT2D eigenvalue weighted by Crippen LogP contribution is -2.40. The summed E-state index contributed by atoms with van der Waals surface area (Å²) in [4.78, 5) is 14.3. The summed E-state index contributed by atoms with van der Waals surface area (Å²) in [5, 5.41) is 0. The second-order valence-electron chi connectivity index (χ2n) is 7.86. The first-order valence-electron chi connectivity index (χ1n) is 9.20. The number of hydrogen-bond acceptors (Lipinski definition) is 3. The number of rotatable bonds is 3. The van der Waals surface area contributed by atoms with Crippen molar-refractivity contribution in [3.8, 4) is 5.75 Å². The van der Waals surface area contributed by atoms with Gasteiger partial charge in [-0.3, -0.25) is 0 Å². The summed E-state index contributed by atoms with van der Waals surface area (Å²) < 4.78 is 12.7. The molecule has 0 spiro atoms. The summed E-state index contributed by atoms with van der Waals surface area (Å²) in [6, 6.07) is 12.1. The lowest BCUT2D eigenvalue weighted by molar-refractivity contribution is 0.0222. The summed E-state index contributed by atoms with van der Waals surface area (Å²) in [7, 11) is 0. The second-order valence-corrected chi connectivity index (χ2v) is 8.72. The molecule has 0 N–H and O–H groups in total. The normalized spacial score (nSPS) is 13.9. The molecule has 5 heteroatoms. The Morgan fingerprint density at radius 1 is 1.19 bits per heavy atom. The number of ether oxygens (including phenoxy) is 2. The van der Waals surface area contributed by atoms with Crippen molar-refractivity contribution < 1.29 is 14.3 Å². The van der Waals surface area contributed by atoms with Crippen molar-refractivity contribution in [2.75, 3.05) is 6.54 Å². The average Bonchev–Trinajstić information content (AvgIpc) is 2.62. The number of carbonyl (C=O) groups excluding carboxylic acids is 1. The van der Waals surface area contributed by atoms with E-state index in [0.717, 1.165) is 27.8 Å². The van der Waals surface area contributed by atoms with E-state index in [1.165, 1.54) is 11.1 Å². The number of amides is 1. The lowest BCUT2D eigenvalue weighted by atomic mass is 9.94. The smallest absolute Gasteiger partial charge is 0.410 e. The van der Waals surface area contributed by atoms with E-state index in [1.807, 2.05) is 57.2 Å². The zero-order chi connectivity index (χ0) is 19.6. The monoisotopic (exact) mass is 431 g/mol. The van der Waals surface area contributed by atoms with Crippen molar-refractivity contribution in [3.05, 3.63) is 63.1 Å². The molecule has 0 radical (unpaired) electrons. The van der Waals surface area contributed by atoms with Gasteiger partial charge in [0.2, 0.25) is 0 Å². The highest BCUT2D eigenvalue weighted by Crippen LogP contribution is 2.36. The minimum atomic E-state index is -0.500. The van der Waals surface area contributed by atoms with Crippen LogP contribution in [-0.2, 0) is 24.3 Å². The Balaban J connectivity index is 1.84. The van der Waals surface area contributed by atoms with Crippen LogP contribution in [0.3, 0.4) is 0 Å². The molecular weight excluding hydrogens is 406 g/mol. The number of hydrogen-bond donors (Lipinski definition) is 0. The minimum Gasteiger partial charge on any atom is -0.489 e. The van der Waals surface area contributed by atoms with Crippen molar-refractivity contribution in [3.63, 3.8) is 0 Å². The van der Waals surface area contributed by atoms with E-state index >= 15 is 0 Å². The molecular formula is C22H26BrNO3. The molecule has 0 atom stereocenters. The van der Waals surface area contributed by atoms with E-state index in [9.17, 15) is 4.79 Å². The van der Waals surface area contributed by atoms with E-state index in [0.29, 0.717) is 19.7 Å². The summed E-state index contributed by atoms with van der Waals surface area (Å²) in [6.45, 7) is 9.41. The van der Waals surface area contributed by atoms with Gasteiger partial charge in [-0.05, 0) is 56.9 Å². The average molecular weight is 432 g/mol. The molecule has 0 saturated carbocycles. The highest BCUT2D eigenvalue weighted by molar-refractivity contribution is 9.10. The third-order valence-corrected chi connectivity index (χ3v) is 5.42. The fourth-order valence-electron chi connectivity index (χ4n) is 3.20. The third-order valence-electron chi connectivity index (χ3n) is 4.60. The number of halogens is 1. The van der Waals surface area contributed by atoms with Gasteiger partial charge in [0.1, 0.15) is 18.0 Å². The van der Waals surface area contributed by atoms with Crippen molar-refractivity contribution in [2.45, 2.75) is 52.9 Å². The first kappa shape index (κ1) is 19.7. The highest BCUT2D eigenvalue weighted by atomic mass is 79.9. The summed E-state index contributed by atoms with van der Waals surface area (Å²) in [6.07, 6.45) is 0.518. The number of carbonyl (C=O) groups is 1. The van der Waals surface area contributed by atoms with Gasteiger partial charge in [0.25, 0.3) is 0 Å². The van der Waals surface area contributed by atoms with Gasteiger partial charge in [-0.2, -0.15) is 0 Å². The van der Waals surface area contributed by atoms with E-state index in [1.54, 1.807) is 4.90 Å². The van der Waals surface area contributed by atoms with Gasteiger partial charge in [-0.25, -0.2) is 4.79 Å². The zero-order valence-corrected chi connectivity index (χ0v) is 17.9. The quantitative estimate of drug-likeness (QED) is 0.631. The molecule has 27 heavy (non-hydrogen) atoms. The first-order chi connectivity index (χ1) is 12.7. The molecule has 1 aliphatic heterocycles. The summed E-state index contributed by atoms with van der Waals surface area (Å²) >= 11 is 3.65. The number of nitrogens with zero attached hydrogens (tertiary/aromatic N) is 1. The van der Waals surface area contributed by atoms with Gasteiger partial charge in [-0.15, -0.1) is 0 Å². The maximum absolute atomic E-state index is 12.5. The summed E-state index contributed by atoms with van der Waals surface area (Å²) in [5.41, 5.74) is 4.15. The fraction of sp³-hybridized carbons (Fsp3) is 0.409. The predicted octanol–water partition coefficient (Wildman–Crippen LogP) is 5.63. The molecule has 0 aliphatic carbocycles. The van der Waals surface area contributed by atoms with Crippen LogP contribution in [0.25, 0.3) is 0 Å². The molecule has 0 saturated heterocycles. The topological polar surface area (TPSA) is 38.8 Å². The highest BCUT2D eigenvalue weighted by Gasteiger charge is 2.29. The zero-order valence-electron chi connectivity index (χ0n) is 16.3. The molecule has 3 rings (SSSR count). The maximum atomic E-state index is 12.5. The SMILES string of the molecule is Cc1c(Br)cc(OCc2ccccc2)c2c1CCN(C(=O)OC(C)(C)C)C2. The first-order valence-corrected chi connectivity index (χ1v) is 9.99. The van der Waals surface area contributed by atoms with E-state index < -0.39 is 5.60 Å². The summed E-state index contributed by atoms with van der Waals surface area (Å²) in [5.74, 6) is 0.819. The van der Waals surface area contributed by atoms with Crippen molar-refractivity contribution in [1.29, 1.82) is 0 Å². The second kappa shape index (κ2) is 7.93. The molecule has 4 nitrogen and oxygen atoms in total. The maximum Gasteiger partial charge on any atom is 0.410 e. The van der Waals surface area contributed by atoms with Gasteiger partial charge in [0.05, 0.1) is 6.54 Å². The largest absolute Gasteiger partial charge is 0.489 e. The van der Waals surface area contributed by atoms with E-state index in [4.69, 9.17) is 9.47 Å². The molecule has 2 aromatic rings. The van der Waals surface area contributed by atoms with Crippen LogP contribution in [0, 0.1) is 6.92 Å². The van der Waals surface area contributed by atoms with Crippen LogP contribution in [0.15, 0.2) is 40.9 Å². The Kier molecular flexibility index (Phi) is 5.80. The predicted molar refractivity (Wildman–Crippen MR) is 110 cm³/mol. The molecule has 2 aromatic carbocycles. The van der Waals surface area contributed by atoms with Crippen LogP contribution in [0.2, 0.25) is 0 Å². The molecule has 1 amide bonds. The van der Waals surface area contributed by atoms with Crippen LogP contribution < -0.4 is 4.74 Å². The lowest BCUT2D eigenvalue weighted by Gasteiger charge is -2.33. The van der Waals surface area contributed by atoms with Gasteiger partial charge < -0.3 is 14.4 Å². The Morgan fingerprint density at radius 3 is 2.56 bits per heavy atom. The molecule has 1 aliphatic rings. The van der Waals surface area contributed by atoms with Crippen LogP contribution >= 0.6 is 15.9 Å². The van der Waals surface area contributed by atoms with Crippen LogP contribution in [0.1, 0.15) is 43.0 Å². The van der Waals surface area contributed by atoms with Gasteiger partial charge >= 0.3 is 6.09 Å². The minimum absolute atomic E-state index is 0.275. The van der Waals surface area contributed by atoms with Gasteiger partial charge in [-0.1, -0.05) is 46.3 Å². The molecule has 144 valence electrons. The van der Waals surface area contributed by atoms with E-state index in [-0.39, 0.29) is 6.09 Å².